The van der Waals surface area contributed by atoms with E-state index >= 15 is 0 Å². The summed E-state index contributed by atoms with van der Waals surface area (Å²) < 4.78 is 56.0. The summed E-state index contributed by atoms with van der Waals surface area (Å²) in [5.74, 6) is -2.35. The molecule has 7 nitrogen and oxygen atoms in total. The summed E-state index contributed by atoms with van der Waals surface area (Å²) in [4.78, 5) is 8.91. The Labute approximate surface area is 200 Å². The van der Waals surface area contributed by atoms with Gasteiger partial charge in [-0.2, -0.15) is 5.10 Å². The molecule has 2 aromatic heterocycles. The van der Waals surface area contributed by atoms with Crippen LogP contribution in [-0.4, -0.2) is 38.0 Å². The summed E-state index contributed by atoms with van der Waals surface area (Å²) in [6.07, 6.45) is 3.48. The van der Waals surface area contributed by atoms with Crippen LogP contribution in [0.15, 0.2) is 42.9 Å². The normalized spacial score (nSPS) is 16.2. The SMILES string of the molecule is COc1cc(CC(C)c2nc3n(n2)CCO[C@H]3c2cc(F)c(F)c(F)c2)ccc1-n1cnc(C)c1. The lowest BCUT2D eigenvalue weighted by Crippen LogP contribution is -2.24. The van der Waals surface area contributed by atoms with Crippen LogP contribution >= 0.6 is 0 Å². The van der Waals surface area contributed by atoms with Crippen molar-refractivity contribution in [2.75, 3.05) is 13.7 Å². The molecular weight excluding hydrogens is 459 g/mol. The molecule has 3 heterocycles. The van der Waals surface area contributed by atoms with Crippen molar-refractivity contribution in [2.45, 2.75) is 38.8 Å². The molecule has 5 rings (SSSR count). The average Bonchev–Trinajstić information content (AvgIpc) is 3.48. The number of aromatic nitrogens is 5. The van der Waals surface area contributed by atoms with Gasteiger partial charge >= 0.3 is 0 Å². The molecule has 35 heavy (non-hydrogen) atoms. The molecule has 182 valence electrons. The molecule has 0 fully saturated rings. The fourth-order valence-electron chi connectivity index (χ4n) is 4.30. The Morgan fingerprint density at radius 1 is 1.17 bits per heavy atom. The third-order valence-corrected chi connectivity index (χ3v) is 6.06. The molecule has 0 N–H and O–H groups in total. The summed E-state index contributed by atoms with van der Waals surface area (Å²) in [5, 5.41) is 4.62. The number of halogens is 3. The van der Waals surface area contributed by atoms with E-state index in [1.807, 2.05) is 42.8 Å². The van der Waals surface area contributed by atoms with E-state index in [1.54, 1.807) is 18.1 Å². The van der Waals surface area contributed by atoms with Crippen molar-refractivity contribution in [3.05, 3.63) is 88.8 Å². The molecule has 1 unspecified atom stereocenters. The molecule has 1 aliphatic rings. The number of nitrogens with zero attached hydrogens (tertiary/aromatic N) is 5. The monoisotopic (exact) mass is 483 g/mol. The Morgan fingerprint density at radius 2 is 1.94 bits per heavy atom. The fraction of sp³-hybridized carbons (Fsp3) is 0.320. The highest BCUT2D eigenvalue weighted by Gasteiger charge is 2.29. The Kier molecular flexibility index (Phi) is 6.06. The molecule has 2 atom stereocenters. The van der Waals surface area contributed by atoms with Gasteiger partial charge in [-0.05, 0) is 48.7 Å². The van der Waals surface area contributed by atoms with Crippen LogP contribution in [0.5, 0.6) is 5.75 Å². The van der Waals surface area contributed by atoms with Crippen molar-refractivity contribution in [3.8, 4) is 11.4 Å². The van der Waals surface area contributed by atoms with Crippen molar-refractivity contribution in [1.82, 2.24) is 24.3 Å². The Morgan fingerprint density at radius 3 is 2.63 bits per heavy atom. The van der Waals surface area contributed by atoms with Crippen molar-refractivity contribution >= 4 is 0 Å². The quantitative estimate of drug-likeness (QED) is 0.373. The number of methoxy groups -OCH3 is 1. The second kappa shape index (κ2) is 9.18. The van der Waals surface area contributed by atoms with Gasteiger partial charge in [0.1, 0.15) is 11.9 Å². The van der Waals surface area contributed by atoms with Crippen LogP contribution in [0.1, 0.15) is 47.4 Å². The number of hydrogen-bond acceptors (Lipinski definition) is 5. The van der Waals surface area contributed by atoms with Crippen molar-refractivity contribution in [3.63, 3.8) is 0 Å². The first-order valence-electron chi connectivity index (χ1n) is 11.2. The number of hydrogen-bond donors (Lipinski definition) is 0. The van der Waals surface area contributed by atoms with Gasteiger partial charge in [-0.15, -0.1) is 0 Å². The molecule has 0 saturated carbocycles. The zero-order valence-electron chi connectivity index (χ0n) is 19.5. The van der Waals surface area contributed by atoms with Crippen LogP contribution in [0.3, 0.4) is 0 Å². The molecule has 0 amide bonds. The van der Waals surface area contributed by atoms with Gasteiger partial charge in [0.25, 0.3) is 0 Å². The Balaban J connectivity index is 1.39. The highest BCUT2D eigenvalue weighted by molar-refractivity contribution is 5.49. The molecule has 0 saturated heterocycles. The van der Waals surface area contributed by atoms with E-state index in [1.165, 1.54) is 0 Å². The lowest BCUT2D eigenvalue weighted by Gasteiger charge is -2.23. The van der Waals surface area contributed by atoms with Crippen LogP contribution in [0, 0.1) is 24.4 Å². The van der Waals surface area contributed by atoms with Gasteiger partial charge in [0.2, 0.25) is 0 Å². The summed E-state index contributed by atoms with van der Waals surface area (Å²) in [6.45, 7) is 4.69. The van der Waals surface area contributed by atoms with Gasteiger partial charge in [-0.25, -0.2) is 27.8 Å². The highest BCUT2D eigenvalue weighted by Crippen LogP contribution is 2.32. The minimum absolute atomic E-state index is 0.0542. The number of ether oxygens (including phenoxy) is 2. The Hall–Kier alpha value is -3.66. The molecular formula is C25H24F3N5O2. The van der Waals surface area contributed by atoms with E-state index in [2.05, 4.69) is 15.1 Å². The standard InChI is InChI=1S/C25H24F3N5O2/c1-14(8-16-4-5-20(21(9-16)34-3)32-12-15(2)29-13-32)24-30-25-23(35-7-6-33(25)31-24)17-10-18(26)22(28)19(27)11-17/h4-5,9-14,23H,6-8H2,1-3H3/t14?,23-/m0/s1. The second-order valence-electron chi connectivity index (χ2n) is 8.63. The van der Waals surface area contributed by atoms with Crippen LogP contribution < -0.4 is 4.74 Å². The zero-order valence-corrected chi connectivity index (χ0v) is 19.5. The third kappa shape index (κ3) is 4.41. The molecule has 0 radical (unpaired) electrons. The van der Waals surface area contributed by atoms with E-state index < -0.39 is 23.6 Å². The average molecular weight is 483 g/mol. The van der Waals surface area contributed by atoms with Crippen molar-refractivity contribution in [2.24, 2.45) is 0 Å². The number of fused-ring (bicyclic) bond motifs is 1. The lowest BCUT2D eigenvalue weighted by atomic mass is 10.00. The summed E-state index contributed by atoms with van der Waals surface area (Å²) >= 11 is 0. The first kappa shape index (κ1) is 23.1. The fourth-order valence-corrected chi connectivity index (χ4v) is 4.30. The maximum Gasteiger partial charge on any atom is 0.194 e. The van der Waals surface area contributed by atoms with E-state index in [-0.39, 0.29) is 11.5 Å². The predicted molar refractivity (Wildman–Crippen MR) is 121 cm³/mol. The molecule has 2 aromatic carbocycles. The summed E-state index contributed by atoms with van der Waals surface area (Å²) in [7, 11) is 1.63. The maximum absolute atomic E-state index is 13.8. The summed E-state index contributed by atoms with van der Waals surface area (Å²) in [5.41, 5.74) is 2.99. The number of aryl methyl sites for hydroxylation is 1. The molecule has 10 heteroatoms. The second-order valence-corrected chi connectivity index (χ2v) is 8.63. The minimum Gasteiger partial charge on any atom is -0.495 e. The molecule has 4 aromatic rings. The zero-order chi connectivity index (χ0) is 24.7. The number of benzene rings is 2. The van der Waals surface area contributed by atoms with E-state index in [0.717, 1.165) is 34.8 Å². The van der Waals surface area contributed by atoms with Gasteiger partial charge in [0, 0.05) is 12.1 Å². The summed E-state index contributed by atoms with van der Waals surface area (Å²) in [6, 6.07) is 7.86. The first-order chi connectivity index (χ1) is 16.8. The molecule has 0 bridgehead atoms. The Bertz CT molecular complexity index is 1360. The van der Waals surface area contributed by atoms with Crippen LogP contribution in [-0.2, 0) is 17.7 Å². The van der Waals surface area contributed by atoms with Gasteiger partial charge < -0.3 is 14.0 Å². The van der Waals surface area contributed by atoms with E-state index in [0.29, 0.717) is 31.2 Å². The van der Waals surface area contributed by atoms with E-state index in [9.17, 15) is 13.2 Å². The van der Waals surface area contributed by atoms with Gasteiger partial charge in [-0.1, -0.05) is 13.0 Å². The first-order valence-corrected chi connectivity index (χ1v) is 11.2. The van der Waals surface area contributed by atoms with Gasteiger partial charge in [0.15, 0.2) is 29.1 Å². The third-order valence-electron chi connectivity index (χ3n) is 6.06. The molecule has 0 spiro atoms. The topological polar surface area (TPSA) is 67.0 Å². The minimum atomic E-state index is -1.51. The smallest absolute Gasteiger partial charge is 0.194 e. The van der Waals surface area contributed by atoms with Crippen molar-refractivity contribution in [1.29, 1.82) is 0 Å². The lowest BCUT2D eigenvalue weighted by molar-refractivity contribution is 0.0385. The molecule has 1 aliphatic heterocycles. The predicted octanol–water partition coefficient (Wildman–Crippen LogP) is 4.66. The largest absolute Gasteiger partial charge is 0.495 e. The molecule has 0 aliphatic carbocycles. The maximum atomic E-state index is 13.8. The van der Waals surface area contributed by atoms with E-state index in [4.69, 9.17) is 9.47 Å². The highest BCUT2D eigenvalue weighted by atomic mass is 19.2. The number of imidazole rings is 1. The van der Waals surface area contributed by atoms with Crippen molar-refractivity contribution < 1.29 is 22.6 Å². The van der Waals surface area contributed by atoms with Gasteiger partial charge in [-0.3, -0.25) is 0 Å². The van der Waals surface area contributed by atoms with Crippen LogP contribution in [0.4, 0.5) is 13.2 Å². The van der Waals surface area contributed by atoms with Crippen LogP contribution in [0.2, 0.25) is 0 Å². The van der Waals surface area contributed by atoms with Crippen LogP contribution in [0.25, 0.3) is 5.69 Å². The van der Waals surface area contributed by atoms with Gasteiger partial charge in [0.05, 0.1) is 38.0 Å². The number of rotatable bonds is 6.